The Morgan fingerprint density at radius 3 is 2.83 bits per heavy atom. The monoisotopic (exact) mass is 291 g/mol. The molecule has 1 amide bonds. The summed E-state index contributed by atoms with van der Waals surface area (Å²) in [7, 11) is 0. The maximum atomic E-state index is 11.7. The minimum absolute atomic E-state index is 0.0703. The van der Waals surface area contributed by atoms with Crippen LogP contribution in [0.25, 0.3) is 0 Å². The summed E-state index contributed by atoms with van der Waals surface area (Å²) in [6.45, 7) is 3.78. The molecule has 1 aromatic heterocycles. The normalized spacial score (nSPS) is 12.2. The first-order valence-corrected chi connectivity index (χ1v) is 6.41. The molecule has 0 spiro atoms. The minimum Gasteiger partial charge on any atom is -0.352 e. The van der Waals surface area contributed by atoms with Crippen LogP contribution in [0.4, 0.5) is 0 Å². The summed E-state index contributed by atoms with van der Waals surface area (Å²) in [6.07, 6.45) is 3.11. The first kappa shape index (κ1) is 15.0. The van der Waals surface area contributed by atoms with Crippen LogP contribution in [0.2, 0.25) is 10.0 Å². The van der Waals surface area contributed by atoms with Gasteiger partial charge in [0.1, 0.15) is 11.6 Å². The highest BCUT2D eigenvalue weighted by atomic mass is 35.5. The molecular formula is C11H15Cl2N3O2. The van der Waals surface area contributed by atoms with Crippen LogP contribution in [-0.2, 0) is 11.3 Å². The van der Waals surface area contributed by atoms with E-state index in [9.17, 15) is 9.59 Å². The van der Waals surface area contributed by atoms with Gasteiger partial charge in [-0.05, 0) is 13.3 Å². The number of rotatable bonds is 5. The van der Waals surface area contributed by atoms with Crippen molar-refractivity contribution in [2.75, 3.05) is 0 Å². The summed E-state index contributed by atoms with van der Waals surface area (Å²) in [5, 5.41) is 6.49. The zero-order valence-electron chi connectivity index (χ0n) is 10.2. The molecule has 0 aliphatic carbocycles. The first-order valence-electron chi connectivity index (χ1n) is 5.66. The lowest BCUT2D eigenvalue weighted by Gasteiger charge is -2.13. The molecule has 0 bridgehead atoms. The number of aromatic nitrogens is 2. The number of carbonyl (C=O) groups is 1. The summed E-state index contributed by atoms with van der Waals surface area (Å²) in [6, 6.07) is 0.0703. The second-order valence-electron chi connectivity index (χ2n) is 4.03. The second kappa shape index (κ2) is 6.75. The van der Waals surface area contributed by atoms with Gasteiger partial charge in [-0.15, -0.1) is 0 Å². The molecule has 0 aromatic carbocycles. The van der Waals surface area contributed by atoms with Crippen LogP contribution in [0.5, 0.6) is 0 Å². The molecule has 18 heavy (non-hydrogen) atoms. The van der Waals surface area contributed by atoms with Gasteiger partial charge in [0.05, 0.1) is 11.2 Å². The fourth-order valence-corrected chi connectivity index (χ4v) is 1.79. The number of nitrogens with zero attached hydrogens (tertiary/aromatic N) is 2. The zero-order chi connectivity index (χ0) is 13.7. The Bertz CT molecular complexity index is 488. The van der Waals surface area contributed by atoms with Crippen LogP contribution in [0.15, 0.2) is 11.0 Å². The second-order valence-corrected chi connectivity index (χ2v) is 4.81. The Labute approximate surface area is 115 Å². The van der Waals surface area contributed by atoms with E-state index < -0.39 is 5.56 Å². The van der Waals surface area contributed by atoms with Gasteiger partial charge in [-0.1, -0.05) is 36.5 Å². The highest BCUT2D eigenvalue weighted by Gasteiger charge is 2.12. The van der Waals surface area contributed by atoms with Crippen molar-refractivity contribution in [1.82, 2.24) is 15.1 Å². The molecule has 0 aliphatic heterocycles. The summed E-state index contributed by atoms with van der Waals surface area (Å²) in [5.41, 5.74) is -0.567. The molecule has 0 aliphatic rings. The molecule has 0 unspecified atom stereocenters. The summed E-state index contributed by atoms with van der Waals surface area (Å²) < 4.78 is 0.988. The predicted molar refractivity (Wildman–Crippen MR) is 71.0 cm³/mol. The number of carbonyl (C=O) groups excluding carboxylic acids is 1. The third-order valence-electron chi connectivity index (χ3n) is 2.36. The average Bonchev–Trinajstić information content (AvgIpc) is 2.30. The van der Waals surface area contributed by atoms with E-state index in [1.54, 1.807) is 0 Å². The van der Waals surface area contributed by atoms with E-state index >= 15 is 0 Å². The van der Waals surface area contributed by atoms with Gasteiger partial charge in [-0.2, -0.15) is 5.10 Å². The molecule has 1 heterocycles. The van der Waals surface area contributed by atoms with Gasteiger partial charge in [0.2, 0.25) is 5.91 Å². The average molecular weight is 292 g/mol. The van der Waals surface area contributed by atoms with Gasteiger partial charge in [-0.25, -0.2) is 4.68 Å². The quantitative estimate of drug-likeness (QED) is 0.901. The van der Waals surface area contributed by atoms with Gasteiger partial charge in [0, 0.05) is 6.04 Å². The van der Waals surface area contributed by atoms with Gasteiger partial charge in [0.15, 0.2) is 0 Å². The molecule has 0 saturated carbocycles. The molecule has 0 fully saturated rings. The van der Waals surface area contributed by atoms with Crippen molar-refractivity contribution in [3.8, 4) is 0 Å². The number of hydrogen-bond donors (Lipinski definition) is 1. The molecule has 7 heteroatoms. The fourth-order valence-electron chi connectivity index (χ4n) is 1.52. The minimum atomic E-state index is -0.567. The zero-order valence-corrected chi connectivity index (χ0v) is 11.8. The largest absolute Gasteiger partial charge is 0.352 e. The SMILES string of the molecule is CCC[C@@H](C)NC(=O)Cn1ncc(Cl)c(Cl)c1=O. The van der Waals surface area contributed by atoms with Gasteiger partial charge in [0.25, 0.3) is 5.56 Å². The van der Waals surface area contributed by atoms with Crippen LogP contribution in [-0.4, -0.2) is 21.7 Å². The predicted octanol–water partition coefficient (Wildman–Crippen LogP) is 1.85. The van der Waals surface area contributed by atoms with E-state index in [0.29, 0.717) is 0 Å². The highest BCUT2D eigenvalue weighted by molar-refractivity contribution is 6.41. The van der Waals surface area contributed by atoms with Gasteiger partial charge < -0.3 is 5.32 Å². The van der Waals surface area contributed by atoms with Crippen molar-refractivity contribution in [1.29, 1.82) is 0 Å². The van der Waals surface area contributed by atoms with Crippen molar-refractivity contribution in [2.24, 2.45) is 0 Å². The molecule has 1 atom stereocenters. The van der Waals surface area contributed by atoms with Crippen LogP contribution in [0.3, 0.4) is 0 Å². The Morgan fingerprint density at radius 1 is 1.56 bits per heavy atom. The van der Waals surface area contributed by atoms with Crippen molar-refractivity contribution in [2.45, 2.75) is 39.3 Å². The summed E-state index contributed by atoms with van der Waals surface area (Å²) in [5.74, 6) is -0.274. The number of halogens is 2. The van der Waals surface area contributed by atoms with Crippen molar-refractivity contribution < 1.29 is 4.79 Å². The molecular weight excluding hydrogens is 277 g/mol. The van der Waals surface area contributed by atoms with E-state index in [0.717, 1.165) is 17.5 Å². The molecule has 1 N–H and O–H groups in total. The third kappa shape index (κ3) is 3.99. The number of nitrogens with one attached hydrogen (secondary N) is 1. The molecule has 100 valence electrons. The summed E-state index contributed by atoms with van der Waals surface area (Å²) >= 11 is 11.3. The maximum absolute atomic E-state index is 11.7. The van der Waals surface area contributed by atoms with Crippen LogP contribution >= 0.6 is 23.2 Å². The molecule has 0 radical (unpaired) electrons. The third-order valence-corrected chi connectivity index (χ3v) is 3.11. The molecule has 1 rings (SSSR count). The lowest BCUT2D eigenvalue weighted by atomic mass is 10.2. The first-order chi connectivity index (χ1) is 8.45. The summed E-state index contributed by atoms with van der Waals surface area (Å²) in [4.78, 5) is 23.3. The van der Waals surface area contributed by atoms with E-state index in [1.165, 1.54) is 6.20 Å². The van der Waals surface area contributed by atoms with Gasteiger partial charge >= 0.3 is 0 Å². The van der Waals surface area contributed by atoms with Crippen LogP contribution < -0.4 is 10.9 Å². The smallest absolute Gasteiger partial charge is 0.287 e. The molecule has 1 aromatic rings. The van der Waals surface area contributed by atoms with E-state index in [-0.39, 0.29) is 28.5 Å². The topological polar surface area (TPSA) is 64.0 Å². The Balaban J connectivity index is 2.71. The fraction of sp³-hybridized carbons (Fsp3) is 0.545. The van der Waals surface area contributed by atoms with Crippen LogP contribution in [0.1, 0.15) is 26.7 Å². The van der Waals surface area contributed by atoms with Crippen LogP contribution in [0, 0.1) is 0 Å². The Hall–Kier alpha value is -1.07. The van der Waals surface area contributed by atoms with Gasteiger partial charge in [-0.3, -0.25) is 9.59 Å². The number of hydrogen-bond acceptors (Lipinski definition) is 3. The van der Waals surface area contributed by atoms with Crippen molar-refractivity contribution in [3.63, 3.8) is 0 Å². The molecule has 5 nitrogen and oxygen atoms in total. The van der Waals surface area contributed by atoms with Crippen molar-refractivity contribution >= 4 is 29.1 Å². The Morgan fingerprint density at radius 2 is 2.22 bits per heavy atom. The lowest BCUT2D eigenvalue weighted by molar-refractivity contribution is -0.122. The van der Waals surface area contributed by atoms with E-state index in [2.05, 4.69) is 10.4 Å². The number of amides is 1. The van der Waals surface area contributed by atoms with E-state index in [1.807, 2.05) is 13.8 Å². The van der Waals surface area contributed by atoms with Crippen molar-refractivity contribution in [3.05, 3.63) is 26.6 Å². The lowest BCUT2D eigenvalue weighted by Crippen LogP contribution is -2.38. The Kier molecular flexibility index (Phi) is 5.62. The maximum Gasteiger partial charge on any atom is 0.287 e. The molecule has 0 saturated heterocycles. The highest BCUT2D eigenvalue weighted by Crippen LogP contribution is 2.14. The standard InChI is InChI=1S/C11H15Cl2N3O2/c1-3-4-7(2)15-9(17)6-16-11(18)10(13)8(12)5-14-16/h5,7H,3-4,6H2,1-2H3,(H,15,17)/t7-/m1/s1. The van der Waals surface area contributed by atoms with E-state index in [4.69, 9.17) is 23.2 Å².